The van der Waals surface area contributed by atoms with Gasteiger partial charge in [0.25, 0.3) is 0 Å². The van der Waals surface area contributed by atoms with E-state index >= 15 is 0 Å². The maximum absolute atomic E-state index is 10.8. The maximum Gasteiger partial charge on any atom is 0.309 e. The van der Waals surface area contributed by atoms with Gasteiger partial charge in [0.2, 0.25) is 0 Å². The molecule has 3 heterocycles. The van der Waals surface area contributed by atoms with Crippen LogP contribution in [0.4, 0.5) is 0 Å². The van der Waals surface area contributed by atoms with E-state index in [1.54, 1.807) is 7.11 Å². The minimum atomic E-state index is -2.19. The first-order valence-electron chi connectivity index (χ1n) is 10.7. The van der Waals surface area contributed by atoms with Crippen LogP contribution in [-0.2, 0) is 30.0 Å². The van der Waals surface area contributed by atoms with Crippen LogP contribution in [0.25, 0.3) is 0 Å². The van der Waals surface area contributed by atoms with E-state index in [1.165, 1.54) is 0 Å². The van der Waals surface area contributed by atoms with Crippen LogP contribution in [0.3, 0.4) is 0 Å². The predicted octanol–water partition coefficient (Wildman–Crippen LogP) is 2.17. The number of aliphatic hydroxyl groups is 2. The van der Waals surface area contributed by atoms with Crippen LogP contribution in [0.15, 0.2) is 24.3 Å². The zero-order chi connectivity index (χ0) is 22.6. The molecule has 3 saturated heterocycles. The fourth-order valence-corrected chi connectivity index (χ4v) is 5.34. The minimum Gasteiger partial charge on any atom is -0.497 e. The third-order valence-electron chi connectivity index (χ3n) is 6.88. The summed E-state index contributed by atoms with van der Waals surface area (Å²) >= 11 is 0. The lowest BCUT2D eigenvalue weighted by molar-refractivity contribution is -0.542. The van der Waals surface area contributed by atoms with E-state index < -0.39 is 50.9 Å². The third-order valence-corrected chi connectivity index (χ3v) is 11.4. The maximum atomic E-state index is 10.8. The van der Waals surface area contributed by atoms with E-state index in [2.05, 4.69) is 33.9 Å². The highest BCUT2D eigenvalue weighted by Crippen LogP contribution is 2.48. The summed E-state index contributed by atoms with van der Waals surface area (Å²) < 4.78 is 35.5. The van der Waals surface area contributed by atoms with Crippen LogP contribution in [0.5, 0.6) is 5.75 Å². The molecule has 8 nitrogen and oxygen atoms in total. The molecule has 7 atom stereocenters. The molecule has 4 bridgehead atoms. The van der Waals surface area contributed by atoms with Crippen LogP contribution >= 0.6 is 0 Å². The number of benzene rings is 1. The van der Waals surface area contributed by atoms with Crippen LogP contribution in [0, 0.1) is 0 Å². The molecule has 1 aliphatic carbocycles. The normalized spacial score (nSPS) is 37.3. The van der Waals surface area contributed by atoms with Crippen molar-refractivity contribution in [3.63, 3.8) is 0 Å². The standard InChI is InChI=1S/C22H34O8Si/c1-21(2,3)31(5,6)30-20-18-15(23)17-16(24)19(20)29-22(27-17,28-18)12-26-11-13-7-9-14(25-4)10-8-13/h7-10,15-20,23-24H,11-12H2,1-6H3/t15-,16-,17?,18-,19+,20?,22?/m1/s1. The van der Waals surface area contributed by atoms with Crippen molar-refractivity contribution in [1.82, 2.24) is 0 Å². The van der Waals surface area contributed by atoms with Gasteiger partial charge < -0.3 is 38.3 Å². The van der Waals surface area contributed by atoms with E-state index in [0.29, 0.717) is 6.61 Å². The monoisotopic (exact) mass is 454 g/mol. The predicted molar refractivity (Wildman–Crippen MR) is 114 cm³/mol. The Morgan fingerprint density at radius 1 is 0.968 bits per heavy atom. The van der Waals surface area contributed by atoms with Crippen molar-refractivity contribution in [2.75, 3.05) is 13.7 Å². The molecule has 5 rings (SSSR count). The summed E-state index contributed by atoms with van der Waals surface area (Å²) in [4.78, 5) is 0. The van der Waals surface area contributed by atoms with Crippen molar-refractivity contribution in [2.24, 2.45) is 0 Å². The molecule has 3 unspecified atom stereocenters. The van der Waals surface area contributed by atoms with Gasteiger partial charge in [0.05, 0.1) is 13.7 Å². The second kappa shape index (κ2) is 8.07. The second-order valence-corrected chi connectivity index (χ2v) is 14.9. The van der Waals surface area contributed by atoms with Crippen LogP contribution in [-0.4, -0.2) is 74.8 Å². The minimum absolute atomic E-state index is 0.00871. The molecule has 2 N–H and O–H groups in total. The van der Waals surface area contributed by atoms with Crippen molar-refractivity contribution in [2.45, 2.75) is 88.1 Å². The average molecular weight is 455 g/mol. The average Bonchev–Trinajstić information content (AvgIpc) is 2.70. The molecule has 31 heavy (non-hydrogen) atoms. The number of ether oxygens (including phenoxy) is 5. The zero-order valence-corrected chi connectivity index (χ0v) is 20.0. The molecular weight excluding hydrogens is 420 g/mol. The molecular formula is C22H34O8Si. The topological polar surface area (TPSA) is 95.8 Å². The Labute approximate surface area is 184 Å². The lowest BCUT2D eigenvalue weighted by Gasteiger charge is -2.62. The Balaban J connectivity index is 1.45. The third kappa shape index (κ3) is 4.18. The van der Waals surface area contributed by atoms with E-state index in [-0.39, 0.29) is 11.6 Å². The Morgan fingerprint density at radius 2 is 1.52 bits per heavy atom. The van der Waals surface area contributed by atoms with E-state index in [0.717, 1.165) is 11.3 Å². The number of methoxy groups -OCH3 is 1. The molecule has 0 spiro atoms. The molecule has 174 valence electrons. The van der Waals surface area contributed by atoms with Crippen molar-refractivity contribution in [3.05, 3.63) is 29.8 Å². The lowest BCUT2D eigenvalue weighted by atomic mass is 9.82. The first-order chi connectivity index (χ1) is 14.5. The van der Waals surface area contributed by atoms with Crippen LogP contribution < -0.4 is 4.74 Å². The van der Waals surface area contributed by atoms with E-state index in [4.69, 9.17) is 28.1 Å². The lowest BCUT2D eigenvalue weighted by Crippen LogP contribution is -2.80. The zero-order valence-electron chi connectivity index (χ0n) is 19.0. The van der Waals surface area contributed by atoms with Gasteiger partial charge in [-0.3, -0.25) is 0 Å². The Morgan fingerprint density at radius 3 is 2.03 bits per heavy atom. The largest absolute Gasteiger partial charge is 0.497 e. The smallest absolute Gasteiger partial charge is 0.309 e. The van der Waals surface area contributed by atoms with Crippen molar-refractivity contribution in [1.29, 1.82) is 0 Å². The van der Waals surface area contributed by atoms with Crippen LogP contribution in [0.1, 0.15) is 26.3 Å². The van der Waals surface area contributed by atoms with E-state index in [1.807, 2.05) is 24.3 Å². The molecule has 0 aromatic heterocycles. The van der Waals surface area contributed by atoms with Gasteiger partial charge in [-0.1, -0.05) is 32.9 Å². The first-order valence-corrected chi connectivity index (χ1v) is 13.7. The molecule has 9 heteroatoms. The molecule has 1 aromatic carbocycles. The number of rotatable bonds is 7. The van der Waals surface area contributed by atoms with Gasteiger partial charge in [0.1, 0.15) is 49.0 Å². The fourth-order valence-electron chi connectivity index (χ4n) is 4.04. The van der Waals surface area contributed by atoms with Gasteiger partial charge >= 0.3 is 5.97 Å². The SMILES string of the molecule is COc1ccc(COCC23OC4[C@@H](O)[C@H](O2)C(O[Si](C)(C)C(C)(C)C)[C@H](O3)[C@@H]4O)cc1. The second-order valence-electron chi connectivity index (χ2n) is 10.1. The summed E-state index contributed by atoms with van der Waals surface area (Å²) in [5, 5.41) is 21.5. The Bertz CT molecular complexity index is 757. The molecule has 0 amide bonds. The Hall–Kier alpha value is -1.04. The molecule has 1 saturated carbocycles. The van der Waals surface area contributed by atoms with E-state index in [9.17, 15) is 10.2 Å². The highest BCUT2D eigenvalue weighted by atomic mass is 28.4. The van der Waals surface area contributed by atoms with Crippen LogP contribution in [0.2, 0.25) is 18.1 Å². The summed E-state index contributed by atoms with van der Waals surface area (Å²) in [6.45, 7) is 11.0. The Kier molecular flexibility index (Phi) is 6.02. The molecule has 4 aliphatic rings. The fraction of sp³-hybridized carbons (Fsp3) is 0.727. The van der Waals surface area contributed by atoms with Gasteiger partial charge in [-0.05, 0) is 35.8 Å². The first kappa shape index (κ1) is 23.1. The molecule has 4 fully saturated rings. The highest BCUT2D eigenvalue weighted by Gasteiger charge is 2.68. The summed E-state index contributed by atoms with van der Waals surface area (Å²) in [6.07, 6.45) is -4.68. The number of aliphatic hydroxyl groups excluding tert-OH is 2. The van der Waals surface area contributed by atoms with Gasteiger partial charge in [-0.25, -0.2) is 0 Å². The number of hydrogen-bond acceptors (Lipinski definition) is 8. The summed E-state index contributed by atoms with van der Waals surface area (Å²) in [7, 11) is -0.570. The van der Waals surface area contributed by atoms with Gasteiger partial charge in [-0.2, -0.15) is 0 Å². The van der Waals surface area contributed by atoms with Crippen molar-refractivity contribution >= 4 is 8.32 Å². The van der Waals surface area contributed by atoms with Gasteiger partial charge in [-0.15, -0.1) is 0 Å². The highest BCUT2D eigenvalue weighted by molar-refractivity contribution is 6.74. The molecule has 1 aromatic rings. The summed E-state index contributed by atoms with van der Waals surface area (Å²) in [5.74, 6) is -0.686. The van der Waals surface area contributed by atoms with Crippen molar-refractivity contribution < 1.29 is 38.3 Å². The molecule has 0 radical (unpaired) electrons. The summed E-state index contributed by atoms with van der Waals surface area (Å²) in [5.41, 5.74) is 0.963. The number of hydrogen-bond donors (Lipinski definition) is 2. The summed E-state index contributed by atoms with van der Waals surface area (Å²) in [6, 6.07) is 7.56. The van der Waals surface area contributed by atoms with Crippen molar-refractivity contribution in [3.8, 4) is 5.75 Å². The quantitative estimate of drug-likeness (QED) is 0.606. The van der Waals surface area contributed by atoms with Gasteiger partial charge in [0, 0.05) is 0 Å². The molecule has 3 aliphatic heterocycles. The van der Waals surface area contributed by atoms with Gasteiger partial charge in [0.15, 0.2) is 8.32 Å².